The van der Waals surface area contributed by atoms with E-state index in [-0.39, 0.29) is 5.75 Å². The molecule has 0 N–H and O–H groups in total. The lowest BCUT2D eigenvalue weighted by Gasteiger charge is -2.19. The SMILES string of the molecule is C=CCS(=O)(=O)C(c1ccc(Cl)cc1)c1ccccc1Cl. The maximum absolute atomic E-state index is 12.6. The fraction of sp³-hybridized carbons (Fsp3) is 0.125. The van der Waals surface area contributed by atoms with Gasteiger partial charge in [0.05, 0.1) is 5.75 Å². The maximum Gasteiger partial charge on any atom is 0.165 e. The van der Waals surface area contributed by atoms with Crippen LogP contribution in [0.25, 0.3) is 0 Å². The standard InChI is InChI=1S/C16H14Cl2O2S/c1-2-11-21(19,20)16(12-7-9-13(17)10-8-12)14-5-3-4-6-15(14)18/h2-10,16H,1,11H2. The Morgan fingerprint density at radius 3 is 2.24 bits per heavy atom. The minimum atomic E-state index is -3.46. The zero-order valence-corrected chi connectivity index (χ0v) is 13.5. The number of hydrogen-bond donors (Lipinski definition) is 0. The van der Waals surface area contributed by atoms with Crippen LogP contribution < -0.4 is 0 Å². The summed E-state index contributed by atoms with van der Waals surface area (Å²) in [5.74, 6) is -0.120. The summed E-state index contributed by atoms with van der Waals surface area (Å²) in [5, 5.41) is 0.143. The lowest BCUT2D eigenvalue weighted by Crippen LogP contribution is -2.17. The first-order valence-electron chi connectivity index (χ1n) is 6.28. The van der Waals surface area contributed by atoms with Crippen LogP contribution in [0.2, 0.25) is 10.0 Å². The Hall–Kier alpha value is -1.29. The second-order valence-corrected chi connectivity index (χ2v) is 7.55. The van der Waals surface area contributed by atoms with Crippen molar-refractivity contribution in [3.05, 3.63) is 82.4 Å². The van der Waals surface area contributed by atoms with Gasteiger partial charge in [-0.2, -0.15) is 0 Å². The fourth-order valence-corrected chi connectivity index (χ4v) is 4.29. The molecule has 1 unspecified atom stereocenters. The molecule has 0 fully saturated rings. The van der Waals surface area contributed by atoms with Gasteiger partial charge in [0.15, 0.2) is 9.84 Å². The van der Waals surface area contributed by atoms with E-state index in [1.165, 1.54) is 6.08 Å². The first-order valence-corrected chi connectivity index (χ1v) is 8.75. The average molecular weight is 341 g/mol. The highest BCUT2D eigenvalue weighted by Gasteiger charge is 2.29. The third-order valence-electron chi connectivity index (χ3n) is 3.07. The Balaban J connectivity index is 2.63. The van der Waals surface area contributed by atoms with Gasteiger partial charge in [-0.1, -0.05) is 59.6 Å². The highest BCUT2D eigenvalue weighted by Crippen LogP contribution is 2.35. The smallest absolute Gasteiger partial charge is 0.165 e. The maximum atomic E-state index is 12.6. The number of hydrogen-bond acceptors (Lipinski definition) is 2. The average Bonchev–Trinajstić information content (AvgIpc) is 2.43. The van der Waals surface area contributed by atoms with Crippen LogP contribution in [0.15, 0.2) is 61.2 Å². The van der Waals surface area contributed by atoms with Crippen LogP contribution in [0.1, 0.15) is 16.4 Å². The molecule has 21 heavy (non-hydrogen) atoms. The van der Waals surface area contributed by atoms with E-state index in [4.69, 9.17) is 23.2 Å². The van der Waals surface area contributed by atoms with Crippen molar-refractivity contribution in [1.82, 2.24) is 0 Å². The van der Waals surface area contributed by atoms with E-state index in [0.717, 1.165) is 0 Å². The third-order valence-corrected chi connectivity index (χ3v) is 5.61. The molecule has 0 saturated heterocycles. The monoisotopic (exact) mass is 340 g/mol. The molecule has 0 aliphatic heterocycles. The molecule has 5 heteroatoms. The Labute approximate surface area is 134 Å². The Kier molecular flexibility index (Phi) is 5.09. The van der Waals surface area contributed by atoms with Gasteiger partial charge in [-0.15, -0.1) is 6.58 Å². The molecule has 0 bridgehead atoms. The molecule has 0 heterocycles. The van der Waals surface area contributed by atoms with Gasteiger partial charge >= 0.3 is 0 Å². The molecule has 0 amide bonds. The summed E-state index contributed by atoms with van der Waals surface area (Å²) in [6, 6.07) is 13.7. The molecule has 0 aliphatic carbocycles. The molecule has 1 atom stereocenters. The van der Waals surface area contributed by atoms with Crippen molar-refractivity contribution in [3.8, 4) is 0 Å². The lowest BCUT2D eigenvalue weighted by atomic mass is 10.0. The zero-order chi connectivity index (χ0) is 15.5. The quantitative estimate of drug-likeness (QED) is 0.740. The van der Waals surface area contributed by atoms with Crippen molar-refractivity contribution in [1.29, 1.82) is 0 Å². The van der Waals surface area contributed by atoms with Gasteiger partial charge in [0.2, 0.25) is 0 Å². The van der Waals surface area contributed by atoms with Gasteiger partial charge in [0.25, 0.3) is 0 Å². The van der Waals surface area contributed by atoms with Crippen molar-refractivity contribution >= 4 is 33.0 Å². The van der Waals surface area contributed by atoms with E-state index in [9.17, 15) is 8.42 Å². The Morgan fingerprint density at radius 2 is 1.67 bits per heavy atom. The second-order valence-electron chi connectivity index (χ2n) is 4.57. The van der Waals surface area contributed by atoms with Crippen molar-refractivity contribution in [2.24, 2.45) is 0 Å². The lowest BCUT2D eigenvalue weighted by molar-refractivity contribution is 0.592. The predicted octanol–water partition coefficient (Wildman–Crippen LogP) is 4.68. The van der Waals surface area contributed by atoms with E-state index < -0.39 is 15.1 Å². The molecule has 2 rings (SSSR count). The minimum absolute atomic E-state index is 0.120. The molecule has 0 aromatic heterocycles. The Morgan fingerprint density at radius 1 is 1.05 bits per heavy atom. The normalized spacial score (nSPS) is 12.9. The van der Waals surface area contributed by atoms with Crippen LogP contribution in [0, 0.1) is 0 Å². The van der Waals surface area contributed by atoms with Gasteiger partial charge in [0, 0.05) is 10.0 Å². The van der Waals surface area contributed by atoms with E-state index in [1.54, 1.807) is 48.5 Å². The van der Waals surface area contributed by atoms with Gasteiger partial charge in [0.1, 0.15) is 5.25 Å². The van der Waals surface area contributed by atoms with Gasteiger partial charge in [-0.25, -0.2) is 8.42 Å². The van der Waals surface area contributed by atoms with E-state index in [0.29, 0.717) is 21.2 Å². The van der Waals surface area contributed by atoms with Crippen molar-refractivity contribution in [2.45, 2.75) is 5.25 Å². The summed E-state index contributed by atoms with van der Waals surface area (Å²) in [6.45, 7) is 3.52. The van der Waals surface area contributed by atoms with E-state index in [2.05, 4.69) is 6.58 Å². The molecule has 2 nitrogen and oxygen atoms in total. The number of sulfone groups is 1. The zero-order valence-electron chi connectivity index (χ0n) is 11.2. The molecule has 110 valence electrons. The van der Waals surface area contributed by atoms with Gasteiger partial charge < -0.3 is 0 Å². The summed E-state index contributed by atoms with van der Waals surface area (Å²) < 4.78 is 25.2. The van der Waals surface area contributed by atoms with Crippen molar-refractivity contribution in [3.63, 3.8) is 0 Å². The first-order chi connectivity index (χ1) is 9.95. The van der Waals surface area contributed by atoms with Gasteiger partial charge in [-0.05, 0) is 29.3 Å². The third kappa shape index (κ3) is 3.67. The molecule has 2 aromatic rings. The largest absolute Gasteiger partial charge is 0.228 e. The predicted molar refractivity (Wildman–Crippen MR) is 88.7 cm³/mol. The van der Waals surface area contributed by atoms with Crippen LogP contribution in [0.3, 0.4) is 0 Å². The summed E-state index contributed by atoms with van der Waals surface area (Å²) >= 11 is 12.1. The molecule has 0 saturated carbocycles. The Bertz CT molecular complexity index is 737. The highest BCUT2D eigenvalue weighted by atomic mass is 35.5. The minimum Gasteiger partial charge on any atom is -0.228 e. The number of halogens is 2. The first kappa shape index (κ1) is 16.1. The van der Waals surface area contributed by atoms with Crippen molar-refractivity contribution < 1.29 is 8.42 Å². The molecule has 2 aromatic carbocycles. The van der Waals surface area contributed by atoms with Crippen LogP contribution in [0.4, 0.5) is 0 Å². The molecule has 0 spiro atoms. The molecule has 0 aliphatic rings. The van der Waals surface area contributed by atoms with Crippen LogP contribution >= 0.6 is 23.2 Å². The summed E-state index contributed by atoms with van der Waals surface area (Å²) in [6.07, 6.45) is 1.38. The number of benzene rings is 2. The topological polar surface area (TPSA) is 34.1 Å². The highest BCUT2D eigenvalue weighted by molar-refractivity contribution is 7.92. The summed E-state index contributed by atoms with van der Waals surface area (Å²) in [4.78, 5) is 0. The van der Waals surface area contributed by atoms with E-state index in [1.807, 2.05) is 0 Å². The van der Waals surface area contributed by atoms with Crippen LogP contribution in [-0.2, 0) is 9.84 Å². The number of rotatable bonds is 5. The van der Waals surface area contributed by atoms with Crippen molar-refractivity contribution in [2.75, 3.05) is 5.75 Å². The van der Waals surface area contributed by atoms with Gasteiger partial charge in [-0.3, -0.25) is 0 Å². The molecule has 0 radical (unpaired) electrons. The van der Waals surface area contributed by atoms with Crippen LogP contribution in [0.5, 0.6) is 0 Å². The van der Waals surface area contributed by atoms with E-state index >= 15 is 0 Å². The molecular weight excluding hydrogens is 327 g/mol. The molecular formula is C16H14Cl2O2S. The summed E-state index contributed by atoms with van der Waals surface area (Å²) in [7, 11) is -3.46. The fourth-order valence-electron chi connectivity index (χ4n) is 2.17. The second kappa shape index (κ2) is 6.65. The van der Waals surface area contributed by atoms with Crippen LogP contribution in [-0.4, -0.2) is 14.2 Å². The summed E-state index contributed by atoms with van der Waals surface area (Å²) in [5.41, 5.74) is 1.19.